The Morgan fingerprint density at radius 3 is 2.35 bits per heavy atom. The average Bonchev–Trinajstić information content (AvgIpc) is 3.11. The summed E-state index contributed by atoms with van der Waals surface area (Å²) in [6.45, 7) is 0. The Hall–Kier alpha value is -1.52. The first-order valence-electron chi connectivity index (χ1n) is 7.50. The molecule has 23 heavy (non-hydrogen) atoms. The van der Waals surface area contributed by atoms with Crippen molar-refractivity contribution in [3.05, 3.63) is 77.6 Å². The number of allylic oxidation sites excluding steroid dienone is 1. The Morgan fingerprint density at radius 1 is 1.04 bits per heavy atom. The van der Waals surface area contributed by atoms with Gasteiger partial charge in [-0.05, 0) is 29.8 Å². The maximum absolute atomic E-state index is 13.1. The van der Waals surface area contributed by atoms with Gasteiger partial charge in [0.25, 0.3) is 0 Å². The number of carbonyl (C=O) groups is 1. The highest BCUT2D eigenvalue weighted by atomic mass is 32.2. The minimum atomic E-state index is -0.317. The molecule has 1 aliphatic heterocycles. The average molecular weight is 344 g/mol. The molecule has 0 amide bonds. The molecule has 2 aromatic carbocycles. The third-order valence-electron chi connectivity index (χ3n) is 3.67. The quantitative estimate of drug-likeness (QED) is 0.699. The second-order valence-corrected chi connectivity index (χ2v) is 8.07. The summed E-state index contributed by atoms with van der Waals surface area (Å²) >= 11 is 3.66. The molecule has 0 spiro atoms. The molecule has 1 heterocycles. The van der Waals surface area contributed by atoms with Crippen LogP contribution in [-0.2, 0) is 0 Å². The van der Waals surface area contributed by atoms with Crippen LogP contribution in [0, 0.1) is 11.7 Å². The number of hydrogen-bond acceptors (Lipinski definition) is 3. The summed E-state index contributed by atoms with van der Waals surface area (Å²) in [6, 6.07) is 15.8. The summed E-state index contributed by atoms with van der Waals surface area (Å²) in [5, 5.41) is 0. The van der Waals surface area contributed by atoms with Crippen molar-refractivity contribution < 1.29 is 9.18 Å². The Balaban J connectivity index is 1.84. The lowest BCUT2D eigenvalue weighted by Gasteiger charge is -2.18. The maximum atomic E-state index is 13.1. The third kappa shape index (κ3) is 4.27. The van der Waals surface area contributed by atoms with E-state index in [9.17, 15) is 9.18 Å². The number of Topliss-reactive ketones (excluding diaryl/α,β-unsaturated/α-hetero) is 1. The maximum Gasteiger partial charge on any atom is 0.171 e. The van der Waals surface area contributed by atoms with Gasteiger partial charge in [0.1, 0.15) is 5.82 Å². The van der Waals surface area contributed by atoms with E-state index in [4.69, 9.17) is 0 Å². The molecule has 1 aliphatic rings. The van der Waals surface area contributed by atoms with E-state index in [-0.39, 0.29) is 22.1 Å². The summed E-state index contributed by atoms with van der Waals surface area (Å²) in [6.07, 6.45) is 4.00. The summed E-state index contributed by atoms with van der Waals surface area (Å²) < 4.78 is 13.3. The van der Waals surface area contributed by atoms with E-state index in [0.717, 1.165) is 17.1 Å². The zero-order valence-electron chi connectivity index (χ0n) is 12.5. The summed E-state index contributed by atoms with van der Waals surface area (Å²) in [4.78, 5) is 12.9. The van der Waals surface area contributed by atoms with Gasteiger partial charge >= 0.3 is 0 Å². The Labute approximate surface area is 144 Å². The molecule has 3 rings (SSSR count). The highest BCUT2D eigenvalue weighted by Gasteiger charge is 2.30. The molecule has 1 nitrogen and oxygen atoms in total. The van der Waals surface area contributed by atoms with Gasteiger partial charge < -0.3 is 0 Å². The number of carbonyl (C=O) groups excluding carboxylic acids is 1. The van der Waals surface area contributed by atoms with Crippen molar-refractivity contribution in [2.24, 2.45) is 5.92 Å². The standard InChI is InChI=1S/C19H17FOS2/c20-16-9-7-15(8-10-16)18(21)17(19-22-12-13-23-19)11-6-14-4-2-1-3-5-14/h1-11,17,19H,12-13H2/b11-6+. The molecular weight excluding hydrogens is 327 g/mol. The van der Waals surface area contributed by atoms with Gasteiger partial charge in [-0.2, -0.15) is 0 Å². The van der Waals surface area contributed by atoms with E-state index in [2.05, 4.69) is 0 Å². The van der Waals surface area contributed by atoms with Crippen LogP contribution in [0.25, 0.3) is 6.08 Å². The molecule has 118 valence electrons. The van der Waals surface area contributed by atoms with E-state index >= 15 is 0 Å². The van der Waals surface area contributed by atoms with Gasteiger partial charge in [0.15, 0.2) is 5.78 Å². The smallest absolute Gasteiger partial charge is 0.171 e. The second-order valence-electron chi connectivity index (χ2n) is 5.28. The molecule has 0 aliphatic carbocycles. The SMILES string of the molecule is O=C(c1ccc(F)cc1)C(/C=C/c1ccccc1)C1SCCS1. The van der Waals surface area contributed by atoms with Gasteiger partial charge in [0.2, 0.25) is 0 Å². The number of hydrogen-bond donors (Lipinski definition) is 0. The first-order chi connectivity index (χ1) is 11.2. The van der Waals surface area contributed by atoms with Crippen LogP contribution in [0.2, 0.25) is 0 Å². The van der Waals surface area contributed by atoms with E-state index in [0.29, 0.717) is 5.56 Å². The van der Waals surface area contributed by atoms with Gasteiger partial charge in [-0.15, -0.1) is 23.5 Å². The van der Waals surface area contributed by atoms with Gasteiger partial charge in [-0.25, -0.2) is 4.39 Å². The molecule has 0 saturated carbocycles. The van der Waals surface area contributed by atoms with Crippen LogP contribution in [-0.4, -0.2) is 21.9 Å². The number of rotatable bonds is 5. The fourth-order valence-corrected chi connectivity index (χ4v) is 5.51. The minimum Gasteiger partial charge on any atom is -0.293 e. The molecule has 0 bridgehead atoms. The number of halogens is 1. The van der Waals surface area contributed by atoms with E-state index in [1.54, 1.807) is 12.1 Å². The Morgan fingerprint density at radius 2 is 1.70 bits per heavy atom. The lowest BCUT2D eigenvalue weighted by atomic mass is 9.97. The molecular formula is C19H17FOS2. The fourth-order valence-electron chi connectivity index (χ4n) is 2.47. The van der Waals surface area contributed by atoms with Crippen molar-refractivity contribution in [2.45, 2.75) is 4.58 Å². The Bertz CT molecular complexity index is 676. The highest BCUT2D eigenvalue weighted by molar-refractivity contribution is 8.20. The van der Waals surface area contributed by atoms with Gasteiger partial charge in [-0.3, -0.25) is 4.79 Å². The van der Waals surface area contributed by atoms with Crippen molar-refractivity contribution in [3.63, 3.8) is 0 Å². The van der Waals surface area contributed by atoms with Crippen LogP contribution in [0.3, 0.4) is 0 Å². The highest BCUT2D eigenvalue weighted by Crippen LogP contribution is 2.39. The molecule has 1 atom stereocenters. The van der Waals surface area contributed by atoms with Crippen LogP contribution in [0.5, 0.6) is 0 Å². The largest absolute Gasteiger partial charge is 0.293 e. The molecule has 1 fully saturated rings. The van der Waals surface area contributed by atoms with E-state index in [1.807, 2.05) is 66.0 Å². The predicted octanol–water partition coefficient (Wildman–Crippen LogP) is 5.14. The molecule has 0 N–H and O–H groups in total. The fraction of sp³-hybridized carbons (Fsp3) is 0.211. The molecule has 2 aromatic rings. The molecule has 1 saturated heterocycles. The molecule has 4 heteroatoms. The van der Waals surface area contributed by atoms with Crippen molar-refractivity contribution >= 4 is 35.4 Å². The number of benzene rings is 2. The topological polar surface area (TPSA) is 17.1 Å². The van der Waals surface area contributed by atoms with Crippen LogP contribution >= 0.6 is 23.5 Å². The lowest BCUT2D eigenvalue weighted by molar-refractivity contribution is 0.0952. The zero-order valence-corrected chi connectivity index (χ0v) is 14.2. The first kappa shape index (κ1) is 16.3. The van der Waals surface area contributed by atoms with Crippen molar-refractivity contribution in [3.8, 4) is 0 Å². The molecule has 1 unspecified atom stereocenters. The summed E-state index contributed by atoms with van der Waals surface area (Å²) in [5.74, 6) is 1.69. The Kier molecular flexibility index (Phi) is 5.57. The monoisotopic (exact) mass is 344 g/mol. The van der Waals surface area contributed by atoms with Crippen molar-refractivity contribution in [1.29, 1.82) is 0 Å². The van der Waals surface area contributed by atoms with Crippen molar-refractivity contribution in [1.82, 2.24) is 0 Å². The van der Waals surface area contributed by atoms with Gasteiger partial charge in [0.05, 0.1) is 10.5 Å². The second kappa shape index (κ2) is 7.84. The third-order valence-corrected chi connectivity index (χ3v) is 6.87. The predicted molar refractivity (Wildman–Crippen MR) is 98.4 cm³/mol. The molecule has 0 radical (unpaired) electrons. The minimum absolute atomic E-state index is 0.0593. The van der Waals surface area contributed by atoms with Crippen LogP contribution in [0.4, 0.5) is 4.39 Å². The van der Waals surface area contributed by atoms with Crippen molar-refractivity contribution in [2.75, 3.05) is 11.5 Å². The first-order valence-corrected chi connectivity index (χ1v) is 9.60. The van der Waals surface area contributed by atoms with Crippen LogP contribution in [0.1, 0.15) is 15.9 Å². The van der Waals surface area contributed by atoms with Crippen LogP contribution in [0.15, 0.2) is 60.7 Å². The summed E-state index contributed by atoms with van der Waals surface area (Å²) in [5.41, 5.74) is 1.65. The van der Waals surface area contributed by atoms with Gasteiger partial charge in [-0.1, -0.05) is 42.5 Å². The van der Waals surface area contributed by atoms with Crippen LogP contribution < -0.4 is 0 Å². The zero-order chi connectivity index (χ0) is 16.1. The number of ketones is 1. The van der Waals surface area contributed by atoms with E-state index in [1.165, 1.54) is 12.1 Å². The van der Waals surface area contributed by atoms with Gasteiger partial charge in [0, 0.05) is 17.1 Å². The van der Waals surface area contributed by atoms with E-state index < -0.39 is 0 Å². The normalized spacial score (nSPS) is 16.7. The number of thioether (sulfide) groups is 2. The summed E-state index contributed by atoms with van der Waals surface area (Å²) in [7, 11) is 0. The lowest BCUT2D eigenvalue weighted by Crippen LogP contribution is -2.20. The molecule has 0 aromatic heterocycles.